The Morgan fingerprint density at radius 1 is 1.16 bits per heavy atom. The van der Waals surface area contributed by atoms with E-state index in [0.717, 1.165) is 45.4 Å². The maximum Gasteiger partial charge on any atom is 0.307 e. The number of thiocarbonyl (C=S) groups is 1. The van der Waals surface area contributed by atoms with Crippen LogP contribution in [0, 0.1) is 5.41 Å². The lowest BCUT2D eigenvalue weighted by molar-refractivity contribution is -0.143. The van der Waals surface area contributed by atoms with Crippen molar-refractivity contribution < 1.29 is 19.1 Å². The van der Waals surface area contributed by atoms with Crippen molar-refractivity contribution in [2.75, 3.05) is 32.8 Å². The van der Waals surface area contributed by atoms with Gasteiger partial charge < -0.3 is 19.9 Å². The highest BCUT2D eigenvalue weighted by Crippen LogP contribution is 2.40. The van der Waals surface area contributed by atoms with Gasteiger partial charge in [0.25, 0.3) is 5.91 Å². The molecule has 170 valence electrons. The van der Waals surface area contributed by atoms with Crippen molar-refractivity contribution in [1.29, 1.82) is 0 Å². The zero-order valence-electron chi connectivity index (χ0n) is 18.4. The first kappa shape index (κ1) is 23.7. The summed E-state index contributed by atoms with van der Waals surface area (Å²) in [5.74, 6) is -0.206. The molecule has 1 amide bonds. The molecule has 7 nitrogen and oxygen atoms in total. The molecule has 0 radical (unpaired) electrons. The van der Waals surface area contributed by atoms with Crippen LogP contribution in [-0.2, 0) is 9.53 Å². The molecule has 0 bridgehead atoms. The minimum Gasteiger partial charge on any atom is -0.466 e. The van der Waals surface area contributed by atoms with Crippen LogP contribution in [0.25, 0.3) is 0 Å². The standard InChI is InChI=1S/C22H31N3O4S2/c1-4-29-19(27)13-15(2)23-21(30)25-12-9-22(14-25)7-10-24(11-8-22)20(28)18-6-5-17(31-18)16(3)26/h5-6,15H,4,7-14H2,1-3H3,(H,23,30). The molecule has 1 unspecified atom stereocenters. The largest absolute Gasteiger partial charge is 0.466 e. The van der Waals surface area contributed by atoms with Gasteiger partial charge in [-0.1, -0.05) is 0 Å². The number of piperidine rings is 1. The summed E-state index contributed by atoms with van der Waals surface area (Å²) in [7, 11) is 0. The second kappa shape index (κ2) is 10.1. The Hall–Kier alpha value is -2.00. The number of nitrogens with zero attached hydrogens (tertiary/aromatic N) is 2. The summed E-state index contributed by atoms with van der Waals surface area (Å²) in [6.07, 6.45) is 3.23. The van der Waals surface area contributed by atoms with Crippen LogP contribution >= 0.6 is 23.6 Å². The number of amides is 1. The lowest BCUT2D eigenvalue weighted by Crippen LogP contribution is -2.47. The average molecular weight is 466 g/mol. The Morgan fingerprint density at radius 2 is 1.77 bits per heavy atom. The summed E-state index contributed by atoms with van der Waals surface area (Å²) in [5, 5.41) is 3.94. The van der Waals surface area contributed by atoms with Crippen LogP contribution in [-0.4, -0.2) is 71.4 Å². The number of Topliss-reactive ketones (excluding diaryl/α,β-unsaturated/α-hetero) is 1. The zero-order valence-corrected chi connectivity index (χ0v) is 20.1. The molecule has 3 rings (SSSR count). The van der Waals surface area contributed by atoms with Crippen LogP contribution in [0.3, 0.4) is 0 Å². The Balaban J connectivity index is 1.48. The number of ketones is 1. The number of carbonyl (C=O) groups excluding carboxylic acids is 3. The van der Waals surface area contributed by atoms with E-state index in [2.05, 4.69) is 10.2 Å². The highest BCUT2D eigenvalue weighted by atomic mass is 32.1. The van der Waals surface area contributed by atoms with Gasteiger partial charge in [-0.25, -0.2) is 0 Å². The first-order valence-corrected chi connectivity index (χ1v) is 12.1. The maximum atomic E-state index is 12.8. The molecule has 0 aromatic carbocycles. The molecule has 2 aliphatic rings. The topological polar surface area (TPSA) is 79.0 Å². The zero-order chi connectivity index (χ0) is 22.6. The van der Waals surface area contributed by atoms with Crippen molar-refractivity contribution >= 4 is 46.3 Å². The average Bonchev–Trinajstić information content (AvgIpc) is 3.36. The van der Waals surface area contributed by atoms with Crippen LogP contribution in [0.1, 0.15) is 65.8 Å². The molecular formula is C22H31N3O4S2. The van der Waals surface area contributed by atoms with Gasteiger partial charge in [-0.15, -0.1) is 11.3 Å². The fourth-order valence-electron chi connectivity index (χ4n) is 4.32. The summed E-state index contributed by atoms with van der Waals surface area (Å²) in [6.45, 7) is 8.84. The molecule has 9 heteroatoms. The number of carbonyl (C=O) groups is 3. The number of esters is 1. The Morgan fingerprint density at radius 3 is 2.35 bits per heavy atom. The van der Waals surface area contributed by atoms with Crippen LogP contribution < -0.4 is 5.32 Å². The van der Waals surface area contributed by atoms with Crippen molar-refractivity contribution in [2.45, 2.75) is 52.5 Å². The number of rotatable bonds is 6. The Labute approximate surface area is 193 Å². The SMILES string of the molecule is CCOC(=O)CC(C)NC(=S)N1CCC2(CCN(C(=O)c3ccc(C(C)=O)s3)CC2)C1. The lowest BCUT2D eigenvalue weighted by atomic mass is 9.78. The van der Waals surface area contributed by atoms with E-state index in [1.54, 1.807) is 19.1 Å². The molecule has 0 saturated carbocycles. The van der Waals surface area contributed by atoms with E-state index < -0.39 is 0 Å². The minimum atomic E-state index is -0.221. The minimum absolute atomic E-state index is 0.00570. The number of nitrogens with one attached hydrogen (secondary N) is 1. The first-order valence-electron chi connectivity index (χ1n) is 10.8. The van der Waals surface area contributed by atoms with E-state index in [1.165, 1.54) is 18.3 Å². The van der Waals surface area contributed by atoms with E-state index in [4.69, 9.17) is 17.0 Å². The molecule has 1 aromatic rings. The van der Waals surface area contributed by atoms with Gasteiger partial charge in [-0.2, -0.15) is 0 Å². The molecule has 31 heavy (non-hydrogen) atoms. The molecule has 1 atom stereocenters. The van der Waals surface area contributed by atoms with E-state index in [-0.39, 0.29) is 35.5 Å². The molecule has 3 heterocycles. The van der Waals surface area contributed by atoms with Crippen molar-refractivity contribution in [1.82, 2.24) is 15.1 Å². The van der Waals surface area contributed by atoms with Gasteiger partial charge in [-0.05, 0) is 69.8 Å². The predicted octanol–water partition coefficient (Wildman–Crippen LogP) is 3.10. The van der Waals surface area contributed by atoms with Crippen LogP contribution in [0.4, 0.5) is 0 Å². The van der Waals surface area contributed by atoms with Gasteiger partial charge in [0.2, 0.25) is 0 Å². The fourth-order valence-corrected chi connectivity index (χ4v) is 5.55. The number of hydrogen-bond donors (Lipinski definition) is 1. The second-order valence-corrected chi connectivity index (χ2v) is 10.0. The number of thiophene rings is 1. The van der Waals surface area contributed by atoms with Crippen molar-refractivity contribution in [3.8, 4) is 0 Å². The molecule has 1 N–H and O–H groups in total. The normalized spacial score (nSPS) is 18.7. The number of ether oxygens (including phenoxy) is 1. The van der Waals surface area contributed by atoms with Gasteiger partial charge in [0, 0.05) is 32.2 Å². The molecule has 1 spiro atoms. The Bertz CT molecular complexity index is 846. The smallest absolute Gasteiger partial charge is 0.307 e. The van der Waals surface area contributed by atoms with Crippen molar-refractivity contribution in [2.24, 2.45) is 5.41 Å². The summed E-state index contributed by atoms with van der Waals surface area (Å²) in [4.78, 5) is 41.3. The van der Waals surface area contributed by atoms with E-state index in [1.807, 2.05) is 11.8 Å². The first-order chi connectivity index (χ1) is 14.7. The molecule has 2 aliphatic heterocycles. The third kappa shape index (κ3) is 5.83. The van der Waals surface area contributed by atoms with E-state index >= 15 is 0 Å². The van der Waals surface area contributed by atoms with Crippen LogP contribution in [0.15, 0.2) is 12.1 Å². The number of hydrogen-bond acceptors (Lipinski definition) is 6. The third-order valence-electron chi connectivity index (χ3n) is 6.15. The second-order valence-electron chi connectivity index (χ2n) is 8.54. The summed E-state index contributed by atoms with van der Waals surface area (Å²) in [5.41, 5.74) is 0.174. The van der Waals surface area contributed by atoms with Crippen LogP contribution in [0.2, 0.25) is 0 Å². The highest BCUT2D eigenvalue weighted by Gasteiger charge is 2.42. The highest BCUT2D eigenvalue weighted by molar-refractivity contribution is 7.80. The van der Waals surface area contributed by atoms with E-state index in [9.17, 15) is 14.4 Å². The van der Waals surface area contributed by atoms with Gasteiger partial charge in [-0.3, -0.25) is 14.4 Å². The van der Waals surface area contributed by atoms with Crippen LogP contribution in [0.5, 0.6) is 0 Å². The van der Waals surface area contributed by atoms with Gasteiger partial charge in [0.1, 0.15) is 0 Å². The van der Waals surface area contributed by atoms with Gasteiger partial charge in [0.05, 0.1) is 22.8 Å². The molecule has 2 saturated heterocycles. The molecule has 0 aliphatic carbocycles. The summed E-state index contributed by atoms with van der Waals surface area (Å²) < 4.78 is 5.00. The van der Waals surface area contributed by atoms with E-state index in [0.29, 0.717) is 21.5 Å². The fraction of sp³-hybridized carbons (Fsp3) is 0.636. The molecular weight excluding hydrogens is 434 g/mol. The quantitative estimate of drug-likeness (QED) is 0.393. The van der Waals surface area contributed by atoms with Gasteiger partial charge >= 0.3 is 5.97 Å². The van der Waals surface area contributed by atoms with Gasteiger partial charge in [0.15, 0.2) is 10.9 Å². The van der Waals surface area contributed by atoms with Crippen molar-refractivity contribution in [3.05, 3.63) is 21.9 Å². The summed E-state index contributed by atoms with van der Waals surface area (Å²) >= 11 is 6.86. The molecule has 2 fully saturated rings. The summed E-state index contributed by atoms with van der Waals surface area (Å²) in [6, 6.07) is 3.41. The lowest BCUT2D eigenvalue weighted by Gasteiger charge is -2.39. The number of likely N-dealkylation sites (tertiary alicyclic amines) is 2. The van der Waals surface area contributed by atoms with Crippen molar-refractivity contribution in [3.63, 3.8) is 0 Å². The predicted molar refractivity (Wildman–Crippen MR) is 125 cm³/mol. The third-order valence-corrected chi connectivity index (χ3v) is 7.70. The maximum absolute atomic E-state index is 12.8. The molecule has 1 aromatic heterocycles. The monoisotopic (exact) mass is 465 g/mol. The Kier molecular flexibility index (Phi) is 7.69.